The minimum Gasteiger partial charge on any atom is -0.435 e. The van der Waals surface area contributed by atoms with E-state index in [0.717, 1.165) is 18.6 Å². The summed E-state index contributed by atoms with van der Waals surface area (Å²) in [6.07, 6.45) is 4.76. The fraction of sp³-hybridized carbons (Fsp3) is 0.294. The predicted molar refractivity (Wildman–Crippen MR) is 93.1 cm³/mol. The SMILES string of the molecule is C1OC2CC12.O=C(Nc1c(Cl)cncc1Cl)c1ccc(OC(F)F)cc1. The lowest BCUT2D eigenvalue weighted by molar-refractivity contribution is -0.0498. The number of fused-ring (bicyclic) bond motifs is 1. The van der Waals surface area contributed by atoms with Gasteiger partial charge in [-0.1, -0.05) is 23.2 Å². The molecule has 9 heteroatoms. The normalized spacial score (nSPS) is 19.6. The van der Waals surface area contributed by atoms with E-state index in [2.05, 4.69) is 15.0 Å². The van der Waals surface area contributed by atoms with E-state index in [1.54, 1.807) is 0 Å². The van der Waals surface area contributed by atoms with Gasteiger partial charge in [0.25, 0.3) is 5.91 Å². The first-order valence-corrected chi connectivity index (χ1v) is 8.46. The van der Waals surface area contributed by atoms with Crippen LogP contribution in [0.25, 0.3) is 0 Å². The number of nitrogens with one attached hydrogen (secondary N) is 1. The second kappa shape index (κ2) is 8.16. The molecular formula is C17H14Cl2F2N2O3. The van der Waals surface area contributed by atoms with Gasteiger partial charge in [-0.25, -0.2) is 0 Å². The third kappa shape index (κ3) is 4.81. The summed E-state index contributed by atoms with van der Waals surface area (Å²) in [5.74, 6) is 0.477. The molecule has 1 aromatic carbocycles. The topological polar surface area (TPSA) is 60.5 Å². The summed E-state index contributed by atoms with van der Waals surface area (Å²) in [6, 6.07) is 5.21. The Morgan fingerprint density at radius 2 is 1.85 bits per heavy atom. The highest BCUT2D eigenvalue weighted by atomic mass is 35.5. The maximum Gasteiger partial charge on any atom is 0.387 e. The molecule has 26 heavy (non-hydrogen) atoms. The van der Waals surface area contributed by atoms with E-state index in [-0.39, 0.29) is 27.0 Å². The quantitative estimate of drug-likeness (QED) is 0.808. The molecule has 138 valence electrons. The summed E-state index contributed by atoms with van der Waals surface area (Å²) in [5, 5.41) is 2.90. The lowest BCUT2D eigenvalue weighted by Gasteiger charge is -2.09. The molecule has 1 saturated heterocycles. The standard InChI is InChI=1S/C13H8Cl2F2N2O2.C4H6O/c14-9-5-18-6-10(15)11(9)19-12(20)7-1-3-8(4-2-7)21-13(16)17;1-3-2-5-4(1)3/h1-6,13H,(H,18,19,20);3-4H,1-2H2. The first-order chi connectivity index (χ1) is 12.4. The Bertz CT molecular complexity index is 758. The second-order valence-corrected chi connectivity index (χ2v) is 6.52. The number of anilines is 1. The summed E-state index contributed by atoms with van der Waals surface area (Å²) in [7, 11) is 0. The highest BCUT2D eigenvalue weighted by Crippen LogP contribution is 2.42. The first kappa shape index (κ1) is 18.8. The highest BCUT2D eigenvalue weighted by molar-refractivity contribution is 6.39. The Hall–Kier alpha value is -1.96. The van der Waals surface area contributed by atoms with Gasteiger partial charge in [0.1, 0.15) is 5.75 Å². The van der Waals surface area contributed by atoms with E-state index >= 15 is 0 Å². The number of aromatic nitrogens is 1. The summed E-state index contributed by atoms with van der Waals surface area (Å²) >= 11 is 11.8. The smallest absolute Gasteiger partial charge is 0.387 e. The van der Waals surface area contributed by atoms with E-state index in [4.69, 9.17) is 27.9 Å². The summed E-state index contributed by atoms with van der Waals surface area (Å²) < 4.78 is 33.2. The molecule has 4 rings (SSSR count). The maximum absolute atomic E-state index is 12.0. The van der Waals surface area contributed by atoms with Gasteiger partial charge >= 0.3 is 6.61 Å². The molecule has 1 saturated carbocycles. The number of ether oxygens (including phenoxy) is 2. The molecule has 0 bridgehead atoms. The lowest BCUT2D eigenvalue weighted by atomic mass is 10.2. The predicted octanol–water partition coefficient (Wildman–Crippen LogP) is 4.65. The van der Waals surface area contributed by atoms with Gasteiger partial charge in [-0.05, 0) is 30.7 Å². The molecule has 2 aromatic rings. The zero-order valence-corrected chi connectivity index (χ0v) is 14.8. The minimum atomic E-state index is -2.92. The Morgan fingerprint density at radius 3 is 2.27 bits per heavy atom. The average Bonchev–Trinajstić information content (AvgIpc) is 3.17. The number of benzene rings is 1. The van der Waals surface area contributed by atoms with Crippen molar-refractivity contribution in [3.63, 3.8) is 0 Å². The van der Waals surface area contributed by atoms with Crippen LogP contribution < -0.4 is 10.1 Å². The van der Waals surface area contributed by atoms with Crippen molar-refractivity contribution in [2.24, 2.45) is 5.92 Å². The summed E-state index contributed by atoms with van der Waals surface area (Å²) in [5.41, 5.74) is 0.465. The van der Waals surface area contributed by atoms with Crippen LogP contribution in [-0.2, 0) is 4.74 Å². The molecule has 2 aliphatic rings. The summed E-state index contributed by atoms with van der Waals surface area (Å²) in [4.78, 5) is 15.8. The third-order valence-corrected chi connectivity index (χ3v) is 4.39. The van der Waals surface area contributed by atoms with Crippen molar-refractivity contribution >= 4 is 34.8 Å². The number of hydrogen-bond acceptors (Lipinski definition) is 4. The van der Waals surface area contributed by atoms with Gasteiger partial charge in [0.15, 0.2) is 0 Å². The molecule has 1 aromatic heterocycles. The van der Waals surface area contributed by atoms with Crippen LogP contribution in [0, 0.1) is 5.92 Å². The number of pyridine rings is 1. The third-order valence-electron chi connectivity index (χ3n) is 3.82. The van der Waals surface area contributed by atoms with Crippen LogP contribution in [0.2, 0.25) is 10.0 Å². The van der Waals surface area contributed by atoms with E-state index in [1.165, 1.54) is 43.1 Å². The zero-order valence-electron chi connectivity index (χ0n) is 13.3. The molecular weight excluding hydrogens is 389 g/mol. The van der Waals surface area contributed by atoms with Crippen molar-refractivity contribution in [2.45, 2.75) is 19.1 Å². The fourth-order valence-corrected chi connectivity index (χ4v) is 2.69. The number of alkyl halides is 2. The minimum absolute atomic E-state index is 0.0403. The van der Waals surface area contributed by atoms with E-state index in [1.807, 2.05) is 0 Å². The molecule has 1 N–H and O–H groups in total. The Balaban J connectivity index is 0.000000328. The van der Waals surface area contributed by atoms with Crippen molar-refractivity contribution in [1.29, 1.82) is 0 Å². The van der Waals surface area contributed by atoms with Crippen LogP contribution in [0.3, 0.4) is 0 Å². The number of amides is 1. The number of nitrogens with zero attached hydrogens (tertiary/aromatic N) is 1. The number of carbonyl (C=O) groups is 1. The van der Waals surface area contributed by atoms with Gasteiger partial charge in [0.05, 0.1) is 28.4 Å². The Labute approximate surface area is 158 Å². The van der Waals surface area contributed by atoms with Crippen LogP contribution >= 0.6 is 23.2 Å². The molecule has 1 amide bonds. The van der Waals surface area contributed by atoms with E-state index in [0.29, 0.717) is 0 Å². The monoisotopic (exact) mass is 402 g/mol. The van der Waals surface area contributed by atoms with Crippen LogP contribution in [0.4, 0.5) is 14.5 Å². The van der Waals surface area contributed by atoms with Crippen molar-refractivity contribution in [2.75, 3.05) is 11.9 Å². The van der Waals surface area contributed by atoms with E-state index in [9.17, 15) is 13.6 Å². The van der Waals surface area contributed by atoms with Gasteiger partial charge < -0.3 is 14.8 Å². The lowest BCUT2D eigenvalue weighted by Crippen LogP contribution is -2.12. The Kier molecular flexibility index (Phi) is 5.90. The van der Waals surface area contributed by atoms with Crippen molar-refractivity contribution in [1.82, 2.24) is 4.98 Å². The molecule has 2 heterocycles. The number of halogens is 4. The molecule has 5 nitrogen and oxygen atoms in total. The van der Waals surface area contributed by atoms with Gasteiger partial charge in [0.2, 0.25) is 0 Å². The van der Waals surface area contributed by atoms with Crippen molar-refractivity contribution in [3.05, 3.63) is 52.3 Å². The molecule has 2 unspecified atom stereocenters. The molecule has 2 fully saturated rings. The Morgan fingerprint density at radius 1 is 1.23 bits per heavy atom. The number of hydrogen-bond donors (Lipinski definition) is 1. The van der Waals surface area contributed by atoms with Crippen LogP contribution in [0.15, 0.2) is 36.7 Å². The van der Waals surface area contributed by atoms with E-state index < -0.39 is 12.5 Å². The zero-order chi connectivity index (χ0) is 18.7. The van der Waals surface area contributed by atoms with Gasteiger partial charge in [-0.15, -0.1) is 0 Å². The van der Waals surface area contributed by atoms with Crippen molar-refractivity contribution in [3.8, 4) is 5.75 Å². The van der Waals surface area contributed by atoms with Gasteiger partial charge in [-0.3, -0.25) is 9.78 Å². The first-order valence-electron chi connectivity index (χ1n) is 7.71. The second-order valence-electron chi connectivity index (χ2n) is 5.70. The fourth-order valence-electron chi connectivity index (χ4n) is 2.23. The van der Waals surface area contributed by atoms with Crippen molar-refractivity contribution < 1.29 is 23.0 Å². The molecule has 2 atom stereocenters. The molecule has 0 spiro atoms. The molecule has 1 aliphatic carbocycles. The number of rotatable bonds is 4. The molecule has 0 radical (unpaired) electrons. The molecule has 1 aliphatic heterocycles. The average molecular weight is 403 g/mol. The van der Waals surface area contributed by atoms with Crippen LogP contribution in [-0.4, -0.2) is 30.2 Å². The summed E-state index contributed by atoms with van der Waals surface area (Å²) in [6.45, 7) is -1.86. The maximum atomic E-state index is 12.0. The number of carbonyl (C=O) groups excluding carboxylic acids is 1. The van der Waals surface area contributed by atoms with Crippen LogP contribution in [0.5, 0.6) is 5.75 Å². The highest BCUT2D eigenvalue weighted by Gasteiger charge is 2.46. The largest absolute Gasteiger partial charge is 0.435 e. The van der Waals surface area contributed by atoms with Gasteiger partial charge in [-0.2, -0.15) is 8.78 Å². The van der Waals surface area contributed by atoms with Crippen LogP contribution in [0.1, 0.15) is 16.8 Å². The van der Waals surface area contributed by atoms with Gasteiger partial charge in [0, 0.05) is 23.9 Å².